The van der Waals surface area contributed by atoms with E-state index in [1.807, 2.05) is 7.05 Å². The number of hydrogen-bond donors (Lipinski definition) is 1. The van der Waals surface area contributed by atoms with Crippen molar-refractivity contribution in [1.29, 1.82) is 0 Å². The van der Waals surface area contributed by atoms with Gasteiger partial charge in [-0.25, -0.2) is 0 Å². The smallest absolute Gasteiger partial charge is 0.0293 e. The van der Waals surface area contributed by atoms with Gasteiger partial charge in [-0.1, -0.05) is 39.8 Å². The predicted octanol–water partition coefficient (Wildman–Crippen LogP) is 3.10. The zero-order chi connectivity index (χ0) is 9.61. The van der Waals surface area contributed by atoms with Gasteiger partial charge in [-0.05, 0) is 17.9 Å². The fourth-order valence-corrected chi connectivity index (χ4v) is 0.813. The molecule has 0 fully saturated rings. The maximum Gasteiger partial charge on any atom is 0.0293 e. The van der Waals surface area contributed by atoms with Gasteiger partial charge in [0.2, 0.25) is 0 Å². The normalized spacial score (nSPS) is 13.9. The maximum atomic E-state index is 3.15. The van der Waals surface area contributed by atoms with E-state index in [9.17, 15) is 0 Å². The van der Waals surface area contributed by atoms with E-state index in [0.717, 1.165) is 6.42 Å². The second-order valence-corrected chi connectivity index (χ2v) is 4.02. The van der Waals surface area contributed by atoms with Crippen LogP contribution in [0.25, 0.3) is 0 Å². The Labute approximate surface area is 76.6 Å². The summed E-state index contributed by atoms with van der Waals surface area (Å²) in [5.74, 6) is 0. The average molecular weight is 167 g/mol. The fourth-order valence-electron chi connectivity index (χ4n) is 0.813. The number of likely N-dealkylation sites (N-methyl/N-ethyl adjacent to an activating group) is 1. The van der Waals surface area contributed by atoms with Crippen molar-refractivity contribution in [2.45, 2.75) is 34.1 Å². The first-order valence-electron chi connectivity index (χ1n) is 4.56. The van der Waals surface area contributed by atoms with Crippen molar-refractivity contribution in [2.24, 2.45) is 5.41 Å². The summed E-state index contributed by atoms with van der Waals surface area (Å²) in [5, 5.41) is 3.15. The van der Waals surface area contributed by atoms with Gasteiger partial charge in [-0.3, -0.25) is 0 Å². The molecule has 70 valence electrons. The largest absolute Gasteiger partial charge is 0.388 e. The Morgan fingerprint density at radius 3 is 2.25 bits per heavy atom. The first kappa shape index (κ1) is 11.3. The molecule has 1 N–H and O–H groups in total. The van der Waals surface area contributed by atoms with E-state index in [4.69, 9.17) is 0 Å². The zero-order valence-electron chi connectivity index (χ0n) is 8.94. The number of hydrogen-bond acceptors (Lipinski definition) is 1. The molecule has 0 rings (SSSR count). The summed E-state index contributed by atoms with van der Waals surface area (Å²) >= 11 is 0. The Morgan fingerprint density at radius 1 is 1.33 bits per heavy atom. The van der Waals surface area contributed by atoms with Gasteiger partial charge in [-0.15, -0.1) is 0 Å². The van der Waals surface area contributed by atoms with Crippen LogP contribution in [0.3, 0.4) is 0 Å². The summed E-state index contributed by atoms with van der Waals surface area (Å²) < 4.78 is 0. The molecule has 0 aromatic heterocycles. The maximum absolute atomic E-state index is 3.15. The lowest BCUT2D eigenvalue weighted by Crippen LogP contribution is -2.05. The van der Waals surface area contributed by atoms with Gasteiger partial charge >= 0.3 is 0 Å². The SMILES string of the molecule is CC/C=C(\C=C/C(C)(C)C)NC. The van der Waals surface area contributed by atoms with Crippen molar-refractivity contribution in [3.05, 3.63) is 23.9 Å². The highest BCUT2D eigenvalue weighted by molar-refractivity contribution is 5.17. The first-order chi connectivity index (χ1) is 5.49. The van der Waals surface area contributed by atoms with Gasteiger partial charge in [-0.2, -0.15) is 0 Å². The molecule has 0 heterocycles. The van der Waals surface area contributed by atoms with Crippen LogP contribution in [-0.4, -0.2) is 7.05 Å². The van der Waals surface area contributed by atoms with Crippen LogP contribution < -0.4 is 5.32 Å². The molecule has 12 heavy (non-hydrogen) atoms. The van der Waals surface area contributed by atoms with Gasteiger partial charge in [0.25, 0.3) is 0 Å². The van der Waals surface area contributed by atoms with Crippen LogP contribution in [0.15, 0.2) is 23.9 Å². The molecule has 0 aliphatic carbocycles. The van der Waals surface area contributed by atoms with Crippen LogP contribution in [0.2, 0.25) is 0 Å². The van der Waals surface area contributed by atoms with Crippen molar-refractivity contribution in [3.8, 4) is 0 Å². The minimum atomic E-state index is 0.268. The third-order valence-electron chi connectivity index (χ3n) is 1.48. The molecule has 0 aromatic carbocycles. The van der Waals surface area contributed by atoms with Crippen molar-refractivity contribution < 1.29 is 0 Å². The summed E-state index contributed by atoms with van der Waals surface area (Å²) in [6.07, 6.45) is 7.61. The molecule has 0 saturated heterocycles. The molecule has 0 spiro atoms. The van der Waals surface area contributed by atoms with E-state index in [1.165, 1.54) is 5.70 Å². The van der Waals surface area contributed by atoms with Gasteiger partial charge in [0.1, 0.15) is 0 Å². The standard InChI is InChI=1S/C11H21N/c1-6-7-10(12-5)8-9-11(2,3)4/h7-9,12H,6H2,1-5H3/b9-8-,10-7+. The van der Waals surface area contributed by atoms with E-state index in [-0.39, 0.29) is 5.41 Å². The molecule has 0 atom stereocenters. The topological polar surface area (TPSA) is 12.0 Å². The molecular formula is C11H21N. The Bertz CT molecular complexity index is 170. The van der Waals surface area contributed by atoms with E-state index >= 15 is 0 Å². The molecule has 0 radical (unpaired) electrons. The molecule has 0 bridgehead atoms. The van der Waals surface area contributed by atoms with Crippen molar-refractivity contribution in [2.75, 3.05) is 7.05 Å². The van der Waals surface area contributed by atoms with Crippen LogP contribution in [0.4, 0.5) is 0 Å². The van der Waals surface area contributed by atoms with Crippen LogP contribution in [0.1, 0.15) is 34.1 Å². The number of rotatable bonds is 3. The predicted molar refractivity (Wildman–Crippen MR) is 56.0 cm³/mol. The molecule has 0 aliphatic heterocycles. The van der Waals surface area contributed by atoms with E-state index in [2.05, 4.69) is 51.2 Å². The fraction of sp³-hybridized carbons (Fsp3) is 0.636. The zero-order valence-corrected chi connectivity index (χ0v) is 8.94. The molecule has 1 nitrogen and oxygen atoms in total. The minimum absolute atomic E-state index is 0.268. The van der Waals surface area contributed by atoms with Crippen molar-refractivity contribution >= 4 is 0 Å². The Balaban J connectivity index is 4.21. The van der Waals surface area contributed by atoms with E-state index in [0.29, 0.717) is 0 Å². The van der Waals surface area contributed by atoms with Gasteiger partial charge in [0.15, 0.2) is 0 Å². The highest BCUT2D eigenvalue weighted by atomic mass is 14.8. The highest BCUT2D eigenvalue weighted by Gasteiger charge is 2.03. The van der Waals surface area contributed by atoms with Crippen LogP contribution >= 0.6 is 0 Å². The summed E-state index contributed by atoms with van der Waals surface area (Å²) in [4.78, 5) is 0. The summed E-state index contributed by atoms with van der Waals surface area (Å²) in [5.41, 5.74) is 1.47. The van der Waals surface area contributed by atoms with Crippen LogP contribution in [0.5, 0.6) is 0 Å². The lowest BCUT2D eigenvalue weighted by Gasteiger charge is -2.11. The third-order valence-corrected chi connectivity index (χ3v) is 1.48. The monoisotopic (exact) mass is 167 g/mol. The Morgan fingerprint density at radius 2 is 1.92 bits per heavy atom. The second-order valence-electron chi connectivity index (χ2n) is 4.02. The van der Waals surface area contributed by atoms with Crippen LogP contribution in [-0.2, 0) is 0 Å². The quantitative estimate of drug-likeness (QED) is 0.637. The third kappa shape index (κ3) is 6.02. The molecule has 0 aromatic rings. The lowest BCUT2D eigenvalue weighted by atomic mass is 9.96. The molecular weight excluding hydrogens is 146 g/mol. The Hall–Kier alpha value is -0.720. The summed E-state index contributed by atoms with van der Waals surface area (Å²) in [6, 6.07) is 0. The van der Waals surface area contributed by atoms with Gasteiger partial charge in [0, 0.05) is 12.7 Å². The molecule has 0 amide bonds. The average Bonchev–Trinajstić information content (AvgIpc) is 1.96. The van der Waals surface area contributed by atoms with Gasteiger partial charge in [0.05, 0.1) is 0 Å². The van der Waals surface area contributed by atoms with Crippen molar-refractivity contribution in [1.82, 2.24) is 5.32 Å². The summed E-state index contributed by atoms with van der Waals surface area (Å²) in [7, 11) is 1.95. The Kier molecular flexibility index (Phi) is 4.72. The molecule has 1 heteroatoms. The van der Waals surface area contributed by atoms with Gasteiger partial charge < -0.3 is 5.32 Å². The van der Waals surface area contributed by atoms with Crippen LogP contribution in [0, 0.1) is 5.41 Å². The van der Waals surface area contributed by atoms with E-state index in [1.54, 1.807) is 0 Å². The number of nitrogens with one attached hydrogen (secondary N) is 1. The summed E-state index contributed by atoms with van der Waals surface area (Å²) in [6.45, 7) is 8.73. The lowest BCUT2D eigenvalue weighted by molar-refractivity contribution is 0.543. The first-order valence-corrected chi connectivity index (χ1v) is 4.56. The number of allylic oxidation sites excluding steroid dienone is 3. The molecule has 0 aliphatic rings. The van der Waals surface area contributed by atoms with Crippen molar-refractivity contribution in [3.63, 3.8) is 0 Å². The highest BCUT2D eigenvalue weighted by Crippen LogP contribution is 2.15. The molecule has 0 unspecified atom stereocenters. The molecule has 0 saturated carbocycles. The second kappa shape index (κ2) is 5.02. The minimum Gasteiger partial charge on any atom is -0.388 e. The van der Waals surface area contributed by atoms with E-state index < -0.39 is 0 Å².